The largest absolute Gasteiger partial charge is 0.369 e. The normalized spacial score (nSPS) is 10.3. The summed E-state index contributed by atoms with van der Waals surface area (Å²) in [6.07, 6.45) is -0.471. The van der Waals surface area contributed by atoms with Crippen LogP contribution in [-0.4, -0.2) is 5.91 Å². The Kier molecular flexibility index (Phi) is 3.15. The molecule has 0 spiro atoms. The molecule has 76 valence electrons. The van der Waals surface area contributed by atoms with Crippen LogP contribution in [0, 0.1) is 17.5 Å². The molecule has 0 saturated carbocycles. The number of hydrogen-bond donors (Lipinski definition) is 1. The average Bonchev–Trinajstić information content (AvgIpc) is 2.10. The van der Waals surface area contributed by atoms with Crippen LogP contribution in [0.4, 0.5) is 13.2 Å². The van der Waals surface area contributed by atoms with E-state index < -0.39 is 29.8 Å². The lowest BCUT2D eigenvalue weighted by Gasteiger charge is -2.04. The summed E-state index contributed by atoms with van der Waals surface area (Å²) in [6, 6.07) is 0.985. The van der Waals surface area contributed by atoms with Gasteiger partial charge in [0, 0.05) is 5.56 Å². The zero-order chi connectivity index (χ0) is 10.9. The topological polar surface area (TPSA) is 43.1 Å². The molecule has 0 radical (unpaired) electrons. The molecule has 0 aliphatic carbocycles. The Morgan fingerprint density at radius 1 is 1.29 bits per heavy atom. The summed E-state index contributed by atoms with van der Waals surface area (Å²) in [5, 5.41) is 0. The number of carbonyl (C=O) groups excluding carboxylic acids is 1. The second kappa shape index (κ2) is 4.00. The first-order valence-corrected chi connectivity index (χ1v) is 4.33. The van der Waals surface area contributed by atoms with E-state index in [0.29, 0.717) is 0 Å². The first-order valence-electron chi connectivity index (χ1n) is 3.53. The van der Waals surface area contributed by atoms with Crippen molar-refractivity contribution in [3.8, 4) is 0 Å². The number of benzene rings is 1. The molecule has 0 saturated heterocycles. The quantitative estimate of drug-likeness (QED) is 0.646. The highest BCUT2D eigenvalue weighted by molar-refractivity contribution is 9.10. The van der Waals surface area contributed by atoms with Crippen molar-refractivity contribution in [2.45, 2.75) is 6.42 Å². The van der Waals surface area contributed by atoms with Gasteiger partial charge in [-0.15, -0.1) is 0 Å². The minimum atomic E-state index is -1.62. The number of rotatable bonds is 2. The van der Waals surface area contributed by atoms with Gasteiger partial charge in [0.25, 0.3) is 0 Å². The molecular formula is C8H5BrF3NO. The predicted octanol–water partition coefficient (Wildman–Crippen LogP) is 1.89. The highest BCUT2D eigenvalue weighted by Crippen LogP contribution is 2.23. The third-order valence-electron chi connectivity index (χ3n) is 1.54. The number of hydrogen-bond acceptors (Lipinski definition) is 1. The zero-order valence-corrected chi connectivity index (χ0v) is 8.37. The van der Waals surface area contributed by atoms with Crippen LogP contribution in [0.15, 0.2) is 10.5 Å². The SMILES string of the molecule is NC(=O)Cc1cc(Br)c(F)c(F)c1F. The summed E-state index contributed by atoms with van der Waals surface area (Å²) in [6.45, 7) is 0. The van der Waals surface area contributed by atoms with Crippen molar-refractivity contribution in [3.05, 3.63) is 33.6 Å². The third kappa shape index (κ3) is 2.06. The minimum absolute atomic E-state index is 0.243. The number of nitrogens with two attached hydrogens (primary N) is 1. The summed E-state index contributed by atoms with van der Waals surface area (Å²) >= 11 is 2.69. The molecule has 0 aliphatic heterocycles. The van der Waals surface area contributed by atoms with Gasteiger partial charge in [-0.05, 0) is 22.0 Å². The van der Waals surface area contributed by atoms with E-state index >= 15 is 0 Å². The fourth-order valence-electron chi connectivity index (χ4n) is 0.938. The zero-order valence-electron chi connectivity index (χ0n) is 6.78. The maximum Gasteiger partial charge on any atom is 0.221 e. The van der Waals surface area contributed by atoms with Crippen LogP contribution in [-0.2, 0) is 11.2 Å². The van der Waals surface area contributed by atoms with Crippen molar-refractivity contribution in [2.24, 2.45) is 5.73 Å². The summed E-state index contributed by atoms with van der Waals surface area (Å²) in [4.78, 5) is 10.5. The van der Waals surface area contributed by atoms with Gasteiger partial charge in [-0.3, -0.25) is 4.79 Å². The first-order chi connectivity index (χ1) is 6.43. The van der Waals surface area contributed by atoms with Crippen LogP contribution in [0.2, 0.25) is 0 Å². The summed E-state index contributed by atoms with van der Waals surface area (Å²) < 4.78 is 38.2. The van der Waals surface area contributed by atoms with E-state index in [-0.39, 0.29) is 10.0 Å². The van der Waals surface area contributed by atoms with Crippen LogP contribution >= 0.6 is 15.9 Å². The Bertz CT molecular complexity index is 395. The van der Waals surface area contributed by atoms with E-state index in [2.05, 4.69) is 15.9 Å². The average molecular weight is 268 g/mol. The van der Waals surface area contributed by atoms with Gasteiger partial charge in [-0.1, -0.05) is 0 Å². The van der Waals surface area contributed by atoms with Gasteiger partial charge < -0.3 is 5.73 Å². The molecule has 0 bridgehead atoms. The van der Waals surface area contributed by atoms with E-state index in [9.17, 15) is 18.0 Å². The highest BCUT2D eigenvalue weighted by atomic mass is 79.9. The smallest absolute Gasteiger partial charge is 0.221 e. The van der Waals surface area contributed by atoms with E-state index in [4.69, 9.17) is 5.73 Å². The molecule has 1 aromatic rings. The molecule has 1 aromatic carbocycles. The monoisotopic (exact) mass is 267 g/mol. The van der Waals surface area contributed by atoms with Crippen molar-refractivity contribution in [3.63, 3.8) is 0 Å². The van der Waals surface area contributed by atoms with Gasteiger partial charge in [0.15, 0.2) is 17.5 Å². The van der Waals surface area contributed by atoms with Crippen molar-refractivity contribution in [2.75, 3.05) is 0 Å². The van der Waals surface area contributed by atoms with Gasteiger partial charge in [0.05, 0.1) is 10.9 Å². The van der Waals surface area contributed by atoms with Gasteiger partial charge in [-0.25, -0.2) is 13.2 Å². The minimum Gasteiger partial charge on any atom is -0.369 e. The van der Waals surface area contributed by atoms with Crippen LogP contribution in [0.25, 0.3) is 0 Å². The van der Waals surface area contributed by atoms with Crippen LogP contribution < -0.4 is 5.73 Å². The Balaban J connectivity index is 3.25. The molecule has 1 rings (SSSR count). The molecule has 0 aromatic heterocycles. The van der Waals surface area contributed by atoms with Crippen molar-refractivity contribution >= 4 is 21.8 Å². The molecule has 6 heteroatoms. The summed E-state index contributed by atoms with van der Waals surface area (Å²) in [5.74, 6) is -5.14. The molecular weight excluding hydrogens is 263 g/mol. The lowest BCUT2D eigenvalue weighted by Crippen LogP contribution is -2.15. The Labute approximate surface area is 86.0 Å². The maximum absolute atomic E-state index is 13.0. The third-order valence-corrected chi connectivity index (χ3v) is 2.12. The number of amides is 1. The van der Waals surface area contributed by atoms with Gasteiger partial charge >= 0.3 is 0 Å². The predicted molar refractivity (Wildman–Crippen MR) is 46.9 cm³/mol. The molecule has 0 aliphatic rings. The van der Waals surface area contributed by atoms with Crippen LogP contribution in [0.3, 0.4) is 0 Å². The van der Waals surface area contributed by atoms with Crippen molar-refractivity contribution in [1.82, 2.24) is 0 Å². The fraction of sp³-hybridized carbons (Fsp3) is 0.125. The second-order valence-electron chi connectivity index (χ2n) is 2.60. The highest BCUT2D eigenvalue weighted by Gasteiger charge is 2.18. The Morgan fingerprint density at radius 3 is 2.36 bits per heavy atom. The molecule has 2 N–H and O–H groups in total. The van der Waals surface area contributed by atoms with E-state index in [0.717, 1.165) is 6.07 Å². The fourth-order valence-corrected chi connectivity index (χ4v) is 1.39. The lowest BCUT2D eigenvalue weighted by atomic mass is 10.1. The Morgan fingerprint density at radius 2 is 1.86 bits per heavy atom. The van der Waals surface area contributed by atoms with Gasteiger partial charge in [0.1, 0.15) is 0 Å². The Hall–Kier alpha value is -1.04. The molecule has 0 unspecified atom stereocenters. The van der Waals surface area contributed by atoms with Crippen molar-refractivity contribution < 1.29 is 18.0 Å². The summed E-state index contributed by atoms with van der Waals surface area (Å²) in [5.41, 5.74) is 4.52. The number of primary amides is 1. The van der Waals surface area contributed by atoms with Crippen LogP contribution in [0.5, 0.6) is 0 Å². The summed E-state index contributed by atoms with van der Waals surface area (Å²) in [7, 11) is 0. The van der Waals surface area contributed by atoms with E-state index in [1.807, 2.05) is 0 Å². The maximum atomic E-state index is 13.0. The molecule has 0 fully saturated rings. The van der Waals surface area contributed by atoms with Gasteiger partial charge in [0.2, 0.25) is 5.91 Å². The van der Waals surface area contributed by atoms with E-state index in [1.54, 1.807) is 0 Å². The van der Waals surface area contributed by atoms with E-state index in [1.165, 1.54) is 0 Å². The molecule has 0 atom stereocenters. The lowest BCUT2D eigenvalue weighted by molar-refractivity contribution is -0.117. The first kappa shape index (κ1) is 11.0. The number of carbonyl (C=O) groups is 1. The van der Waals surface area contributed by atoms with Gasteiger partial charge in [-0.2, -0.15) is 0 Å². The molecule has 1 amide bonds. The standard InChI is InChI=1S/C8H5BrF3NO/c9-4-1-3(2-5(13)14)6(10)8(12)7(4)11/h1H,2H2,(H2,13,14). The molecule has 2 nitrogen and oxygen atoms in total. The number of halogens is 4. The second-order valence-corrected chi connectivity index (χ2v) is 3.46. The van der Waals surface area contributed by atoms with Crippen molar-refractivity contribution in [1.29, 1.82) is 0 Å². The molecule has 0 heterocycles. The van der Waals surface area contributed by atoms with Crippen LogP contribution in [0.1, 0.15) is 5.56 Å². The molecule has 14 heavy (non-hydrogen) atoms.